The molecule has 0 N–H and O–H groups in total. The van der Waals surface area contributed by atoms with E-state index in [0.717, 1.165) is 29.4 Å². The molecule has 2 aromatic rings. The Morgan fingerprint density at radius 2 is 1.61 bits per heavy atom. The van der Waals surface area contributed by atoms with Crippen LogP contribution in [0, 0.1) is 6.92 Å². The van der Waals surface area contributed by atoms with Gasteiger partial charge in [0, 0.05) is 36.9 Å². The Morgan fingerprint density at radius 1 is 0.929 bits per heavy atom. The van der Waals surface area contributed by atoms with Gasteiger partial charge in [0.25, 0.3) is 10.0 Å². The molecule has 6 nitrogen and oxygen atoms in total. The summed E-state index contributed by atoms with van der Waals surface area (Å²) in [4.78, 5) is 9.15. The Morgan fingerprint density at radius 3 is 2.29 bits per heavy atom. The average molecular weight is 419 g/mol. The molecule has 0 aromatic heterocycles. The molecule has 0 aliphatic carbocycles. The number of guanidine groups is 1. The highest BCUT2D eigenvalue weighted by atomic mass is 35.5. The van der Waals surface area contributed by atoms with Crippen LogP contribution in [0.4, 0.5) is 5.69 Å². The van der Waals surface area contributed by atoms with Crippen LogP contribution in [0.15, 0.2) is 58.4 Å². The smallest absolute Gasteiger partial charge is 0.266 e. The minimum Gasteiger partial charge on any atom is -0.368 e. The fraction of sp³-hybridized carbons (Fsp3) is 0.350. The molecular weight excluding hydrogens is 396 g/mol. The highest BCUT2D eigenvalue weighted by Gasteiger charge is 2.34. The molecule has 1 fully saturated rings. The van der Waals surface area contributed by atoms with E-state index in [4.69, 9.17) is 11.6 Å². The van der Waals surface area contributed by atoms with Crippen LogP contribution in [0.1, 0.15) is 5.56 Å². The second kappa shape index (κ2) is 7.64. The van der Waals surface area contributed by atoms with Gasteiger partial charge in [0.2, 0.25) is 5.96 Å². The molecule has 2 aliphatic rings. The zero-order chi connectivity index (χ0) is 19.7. The van der Waals surface area contributed by atoms with E-state index in [1.165, 1.54) is 4.31 Å². The fourth-order valence-corrected chi connectivity index (χ4v) is 5.21. The van der Waals surface area contributed by atoms with E-state index >= 15 is 0 Å². The van der Waals surface area contributed by atoms with Crippen molar-refractivity contribution in [1.29, 1.82) is 0 Å². The van der Waals surface area contributed by atoms with Gasteiger partial charge >= 0.3 is 0 Å². The molecule has 148 valence electrons. The van der Waals surface area contributed by atoms with Gasteiger partial charge in [0.1, 0.15) is 0 Å². The second-order valence-electron chi connectivity index (χ2n) is 7.03. The highest BCUT2D eigenvalue weighted by Crippen LogP contribution is 2.24. The third-order valence-electron chi connectivity index (χ3n) is 5.12. The van der Waals surface area contributed by atoms with E-state index in [1.807, 2.05) is 43.3 Å². The van der Waals surface area contributed by atoms with Crippen molar-refractivity contribution in [3.05, 3.63) is 59.1 Å². The summed E-state index contributed by atoms with van der Waals surface area (Å²) in [5, 5.41) is 0.718. The van der Waals surface area contributed by atoms with E-state index in [0.29, 0.717) is 37.0 Å². The number of benzene rings is 2. The van der Waals surface area contributed by atoms with Crippen molar-refractivity contribution in [3.63, 3.8) is 0 Å². The molecule has 0 spiro atoms. The third-order valence-corrected chi connectivity index (χ3v) is 7.15. The largest absolute Gasteiger partial charge is 0.368 e. The van der Waals surface area contributed by atoms with Crippen molar-refractivity contribution in [2.24, 2.45) is 4.99 Å². The summed E-state index contributed by atoms with van der Waals surface area (Å²) in [5.74, 6) is 0.561. The third kappa shape index (κ3) is 3.69. The monoisotopic (exact) mass is 418 g/mol. The average Bonchev–Trinajstić information content (AvgIpc) is 3.19. The van der Waals surface area contributed by atoms with Gasteiger partial charge in [-0.25, -0.2) is 12.7 Å². The van der Waals surface area contributed by atoms with Gasteiger partial charge in [-0.3, -0.25) is 4.99 Å². The normalized spacial score (nSPS) is 17.8. The molecule has 0 amide bonds. The van der Waals surface area contributed by atoms with Crippen molar-refractivity contribution in [2.45, 2.75) is 11.8 Å². The van der Waals surface area contributed by atoms with Gasteiger partial charge < -0.3 is 9.80 Å². The highest BCUT2D eigenvalue weighted by molar-refractivity contribution is 7.89. The van der Waals surface area contributed by atoms with Gasteiger partial charge in [0.15, 0.2) is 0 Å². The lowest BCUT2D eigenvalue weighted by Crippen LogP contribution is -2.53. The van der Waals surface area contributed by atoms with Crippen LogP contribution in [0.2, 0.25) is 5.02 Å². The molecule has 0 atom stereocenters. The van der Waals surface area contributed by atoms with Crippen molar-refractivity contribution in [1.82, 2.24) is 9.21 Å². The first-order valence-corrected chi connectivity index (χ1v) is 11.2. The predicted octanol–water partition coefficient (Wildman–Crippen LogP) is 2.83. The topological polar surface area (TPSA) is 56.2 Å². The minimum absolute atomic E-state index is 0.310. The fourth-order valence-electron chi connectivity index (χ4n) is 3.58. The number of rotatable bonds is 3. The minimum atomic E-state index is -3.60. The molecule has 0 unspecified atom stereocenters. The maximum atomic E-state index is 13.1. The Hall–Kier alpha value is -2.25. The number of hydrogen-bond acceptors (Lipinski definition) is 5. The van der Waals surface area contributed by atoms with E-state index < -0.39 is 10.0 Å². The van der Waals surface area contributed by atoms with Crippen molar-refractivity contribution < 1.29 is 8.42 Å². The molecule has 4 rings (SSSR count). The number of hydrogen-bond donors (Lipinski definition) is 0. The SMILES string of the molecule is Cc1ccc(S(=O)(=O)N2CCN=C2N2CCN(c3cccc(Cl)c3)CC2)cc1. The summed E-state index contributed by atoms with van der Waals surface area (Å²) in [7, 11) is -3.60. The number of piperazine rings is 1. The number of anilines is 1. The number of halogens is 1. The van der Waals surface area contributed by atoms with Gasteiger partial charge in [-0.2, -0.15) is 0 Å². The van der Waals surface area contributed by atoms with Gasteiger partial charge in [-0.15, -0.1) is 0 Å². The van der Waals surface area contributed by atoms with E-state index in [1.54, 1.807) is 12.1 Å². The molecule has 0 saturated carbocycles. The van der Waals surface area contributed by atoms with Crippen molar-refractivity contribution in [3.8, 4) is 0 Å². The van der Waals surface area contributed by atoms with Gasteiger partial charge in [-0.05, 0) is 37.3 Å². The summed E-state index contributed by atoms with van der Waals surface area (Å²) in [5.41, 5.74) is 2.12. The summed E-state index contributed by atoms with van der Waals surface area (Å²) in [6.07, 6.45) is 0. The van der Waals surface area contributed by atoms with Crippen LogP contribution in [-0.2, 0) is 10.0 Å². The van der Waals surface area contributed by atoms with Crippen LogP contribution in [0.3, 0.4) is 0 Å². The van der Waals surface area contributed by atoms with Crippen LogP contribution in [0.5, 0.6) is 0 Å². The zero-order valence-corrected chi connectivity index (χ0v) is 17.3. The summed E-state index contributed by atoms with van der Waals surface area (Å²) in [6, 6.07) is 14.8. The number of sulfonamides is 1. The van der Waals surface area contributed by atoms with E-state index in [-0.39, 0.29) is 0 Å². The first-order chi connectivity index (χ1) is 13.4. The lowest BCUT2D eigenvalue weighted by molar-refractivity contribution is 0.358. The zero-order valence-electron chi connectivity index (χ0n) is 15.8. The Bertz CT molecular complexity index is 984. The van der Waals surface area contributed by atoms with E-state index in [9.17, 15) is 8.42 Å². The number of aryl methyl sites for hydroxylation is 1. The Labute approximate surface area is 171 Å². The number of nitrogens with zero attached hydrogens (tertiary/aromatic N) is 4. The Kier molecular flexibility index (Phi) is 5.21. The first-order valence-electron chi connectivity index (χ1n) is 9.34. The summed E-state index contributed by atoms with van der Waals surface area (Å²) >= 11 is 6.10. The maximum Gasteiger partial charge on any atom is 0.266 e. The van der Waals surface area contributed by atoms with Crippen molar-refractivity contribution >= 4 is 33.3 Å². The molecule has 2 aliphatic heterocycles. The molecule has 2 aromatic carbocycles. The van der Waals surface area contributed by atoms with Crippen LogP contribution < -0.4 is 4.90 Å². The molecule has 0 radical (unpaired) electrons. The molecule has 28 heavy (non-hydrogen) atoms. The van der Waals surface area contributed by atoms with Crippen LogP contribution >= 0.6 is 11.6 Å². The van der Waals surface area contributed by atoms with Crippen molar-refractivity contribution in [2.75, 3.05) is 44.2 Å². The summed E-state index contributed by atoms with van der Waals surface area (Å²) in [6.45, 7) is 5.83. The lowest BCUT2D eigenvalue weighted by Gasteiger charge is -2.38. The quantitative estimate of drug-likeness (QED) is 0.769. The predicted molar refractivity (Wildman–Crippen MR) is 113 cm³/mol. The van der Waals surface area contributed by atoms with Gasteiger partial charge in [-0.1, -0.05) is 35.4 Å². The standard InChI is InChI=1S/C20H23ClN4O2S/c1-16-5-7-19(8-6-16)28(26,27)25-10-9-22-20(25)24-13-11-23(12-14-24)18-4-2-3-17(21)15-18/h2-8,15H,9-14H2,1H3. The van der Waals surface area contributed by atoms with Crippen LogP contribution in [0.25, 0.3) is 0 Å². The molecule has 0 bridgehead atoms. The molecule has 8 heteroatoms. The number of aliphatic imine (C=N–C) groups is 1. The maximum absolute atomic E-state index is 13.1. The Balaban J connectivity index is 1.48. The first kappa shape index (κ1) is 19.1. The molecule has 1 saturated heterocycles. The van der Waals surface area contributed by atoms with E-state index in [2.05, 4.69) is 14.8 Å². The molecular formula is C20H23ClN4O2S. The second-order valence-corrected chi connectivity index (χ2v) is 9.32. The summed E-state index contributed by atoms with van der Waals surface area (Å²) < 4.78 is 27.7. The molecule has 2 heterocycles. The van der Waals surface area contributed by atoms with Gasteiger partial charge in [0.05, 0.1) is 18.0 Å². The lowest BCUT2D eigenvalue weighted by atomic mass is 10.2. The van der Waals surface area contributed by atoms with Crippen LogP contribution in [-0.4, -0.2) is 62.9 Å².